The lowest BCUT2D eigenvalue weighted by Crippen LogP contribution is -2.38. The van der Waals surface area contributed by atoms with Gasteiger partial charge < -0.3 is 4.90 Å². The van der Waals surface area contributed by atoms with Gasteiger partial charge in [-0.15, -0.1) is 6.42 Å². The van der Waals surface area contributed by atoms with Crippen LogP contribution in [-0.4, -0.2) is 22.9 Å². The molecule has 2 heteroatoms. The van der Waals surface area contributed by atoms with Crippen LogP contribution in [-0.2, 0) is 4.79 Å². The van der Waals surface area contributed by atoms with E-state index in [9.17, 15) is 4.79 Å². The third-order valence-electron chi connectivity index (χ3n) is 3.17. The highest BCUT2D eigenvalue weighted by Crippen LogP contribution is 2.47. The average molecular weight is 191 g/mol. The monoisotopic (exact) mass is 191 g/mol. The lowest BCUT2D eigenvalue weighted by atomic mass is 10.1. The van der Waals surface area contributed by atoms with Crippen LogP contribution in [0.25, 0.3) is 0 Å². The minimum atomic E-state index is 0.0880. The topological polar surface area (TPSA) is 20.3 Å². The molecule has 0 bridgehead atoms. The molecule has 14 heavy (non-hydrogen) atoms. The molecule has 0 spiro atoms. The Morgan fingerprint density at radius 3 is 2.86 bits per heavy atom. The highest BCUT2D eigenvalue weighted by atomic mass is 16.2. The fraction of sp³-hybridized carbons (Fsp3) is 0.750. The number of terminal acetylenes is 1. The van der Waals surface area contributed by atoms with Crippen molar-refractivity contribution in [3.63, 3.8) is 0 Å². The number of hydrogen-bond acceptors (Lipinski definition) is 1. The molecule has 2 fully saturated rings. The maximum atomic E-state index is 11.9. The predicted octanol–water partition coefficient (Wildman–Crippen LogP) is 1.66. The second kappa shape index (κ2) is 3.31. The number of hydrogen-bond donors (Lipinski definition) is 0. The summed E-state index contributed by atoms with van der Waals surface area (Å²) in [4.78, 5) is 13.9. The summed E-state index contributed by atoms with van der Waals surface area (Å²) in [5, 5.41) is 0. The van der Waals surface area contributed by atoms with Crippen LogP contribution in [0.2, 0.25) is 0 Å². The zero-order valence-corrected chi connectivity index (χ0v) is 8.86. The standard InChI is InChI=1S/C12H17NO/c1-4-10-6-9-7-11(9)13(10)12(14)5-8(2)3/h1,8-11H,5-7H2,2-3H3/t9?,10-,11?/m1/s1. The van der Waals surface area contributed by atoms with E-state index in [1.165, 1.54) is 6.42 Å². The smallest absolute Gasteiger partial charge is 0.224 e. The van der Waals surface area contributed by atoms with E-state index in [0.29, 0.717) is 24.3 Å². The SMILES string of the molecule is C#C[C@@H]1CC2CC2N1C(=O)CC(C)C. The number of fused-ring (bicyclic) bond motifs is 1. The third-order valence-corrected chi connectivity index (χ3v) is 3.17. The molecule has 1 heterocycles. The molecule has 0 aromatic rings. The average Bonchev–Trinajstić information content (AvgIpc) is 2.75. The van der Waals surface area contributed by atoms with E-state index in [2.05, 4.69) is 19.8 Å². The summed E-state index contributed by atoms with van der Waals surface area (Å²) < 4.78 is 0. The fourth-order valence-electron chi connectivity index (χ4n) is 2.42. The van der Waals surface area contributed by atoms with Crippen LogP contribution in [0.4, 0.5) is 0 Å². The van der Waals surface area contributed by atoms with E-state index in [-0.39, 0.29) is 11.9 Å². The van der Waals surface area contributed by atoms with Crippen molar-refractivity contribution < 1.29 is 4.79 Å². The maximum absolute atomic E-state index is 11.9. The Labute approximate surface area is 85.7 Å². The van der Waals surface area contributed by atoms with Gasteiger partial charge in [-0.05, 0) is 24.7 Å². The number of carbonyl (C=O) groups excluding carboxylic acids is 1. The van der Waals surface area contributed by atoms with Crippen molar-refractivity contribution >= 4 is 5.91 Å². The summed E-state index contributed by atoms with van der Waals surface area (Å²) >= 11 is 0. The summed E-state index contributed by atoms with van der Waals surface area (Å²) in [6.07, 6.45) is 8.29. The summed E-state index contributed by atoms with van der Waals surface area (Å²) in [5.41, 5.74) is 0. The van der Waals surface area contributed by atoms with Gasteiger partial charge in [-0.25, -0.2) is 0 Å². The van der Waals surface area contributed by atoms with E-state index in [1.807, 2.05) is 4.90 Å². The van der Waals surface area contributed by atoms with Gasteiger partial charge in [0.15, 0.2) is 0 Å². The number of rotatable bonds is 2. The molecule has 1 saturated carbocycles. The Morgan fingerprint density at radius 1 is 1.57 bits per heavy atom. The van der Waals surface area contributed by atoms with Gasteiger partial charge in [-0.2, -0.15) is 0 Å². The van der Waals surface area contributed by atoms with Crippen molar-refractivity contribution in [3.05, 3.63) is 0 Å². The Balaban J connectivity index is 2.02. The van der Waals surface area contributed by atoms with Gasteiger partial charge in [0, 0.05) is 12.5 Å². The van der Waals surface area contributed by atoms with Crippen molar-refractivity contribution in [2.45, 2.75) is 45.2 Å². The number of carbonyl (C=O) groups is 1. The van der Waals surface area contributed by atoms with Gasteiger partial charge in [0.1, 0.15) is 0 Å². The van der Waals surface area contributed by atoms with Crippen LogP contribution in [0, 0.1) is 24.2 Å². The van der Waals surface area contributed by atoms with Crippen molar-refractivity contribution in [1.82, 2.24) is 4.90 Å². The summed E-state index contributed by atoms with van der Waals surface area (Å²) in [5.74, 6) is 4.14. The first-order valence-corrected chi connectivity index (χ1v) is 5.40. The molecule has 0 aromatic carbocycles. The molecule has 2 unspecified atom stereocenters. The molecular weight excluding hydrogens is 174 g/mol. The van der Waals surface area contributed by atoms with Crippen LogP contribution in [0.1, 0.15) is 33.1 Å². The molecule has 1 amide bonds. The molecule has 0 N–H and O–H groups in total. The van der Waals surface area contributed by atoms with Crippen LogP contribution in [0.3, 0.4) is 0 Å². The van der Waals surface area contributed by atoms with Gasteiger partial charge in [-0.1, -0.05) is 19.8 Å². The normalized spacial score (nSPS) is 34.1. The molecule has 1 saturated heterocycles. The molecule has 3 atom stereocenters. The molecule has 2 nitrogen and oxygen atoms in total. The highest BCUT2D eigenvalue weighted by Gasteiger charge is 2.53. The van der Waals surface area contributed by atoms with E-state index < -0.39 is 0 Å². The maximum Gasteiger partial charge on any atom is 0.224 e. The first-order chi connectivity index (χ1) is 6.63. The van der Waals surface area contributed by atoms with Gasteiger partial charge in [0.05, 0.1) is 6.04 Å². The first-order valence-electron chi connectivity index (χ1n) is 5.40. The molecular formula is C12H17NO. The van der Waals surface area contributed by atoms with Crippen LogP contribution >= 0.6 is 0 Å². The summed E-state index contributed by atoms with van der Waals surface area (Å²) in [6.45, 7) is 4.15. The largest absolute Gasteiger partial charge is 0.326 e. The quantitative estimate of drug-likeness (QED) is 0.608. The van der Waals surface area contributed by atoms with Gasteiger partial charge in [0.25, 0.3) is 0 Å². The minimum Gasteiger partial charge on any atom is -0.326 e. The molecule has 0 radical (unpaired) electrons. The molecule has 1 aliphatic carbocycles. The second-order valence-electron chi connectivity index (χ2n) is 4.88. The number of piperidine rings is 1. The van der Waals surface area contributed by atoms with Crippen LogP contribution < -0.4 is 0 Å². The molecule has 2 rings (SSSR count). The lowest BCUT2D eigenvalue weighted by Gasteiger charge is -2.24. The number of amides is 1. The summed E-state index contributed by atoms with van der Waals surface area (Å²) in [6, 6.07) is 0.576. The summed E-state index contributed by atoms with van der Waals surface area (Å²) in [7, 11) is 0. The zero-order chi connectivity index (χ0) is 10.3. The Hall–Kier alpha value is -0.970. The number of likely N-dealkylation sites (tertiary alicyclic amines) is 1. The minimum absolute atomic E-state index is 0.0880. The Bertz CT molecular complexity index is 289. The Morgan fingerprint density at radius 2 is 2.29 bits per heavy atom. The van der Waals surface area contributed by atoms with E-state index in [1.54, 1.807) is 0 Å². The van der Waals surface area contributed by atoms with E-state index >= 15 is 0 Å². The van der Waals surface area contributed by atoms with Gasteiger partial charge in [0.2, 0.25) is 5.91 Å². The molecule has 2 aliphatic rings. The lowest BCUT2D eigenvalue weighted by molar-refractivity contribution is -0.132. The third kappa shape index (κ3) is 1.52. The predicted molar refractivity (Wildman–Crippen MR) is 55.4 cm³/mol. The number of nitrogens with zero attached hydrogens (tertiary/aromatic N) is 1. The Kier molecular flexibility index (Phi) is 2.26. The van der Waals surface area contributed by atoms with Crippen molar-refractivity contribution in [3.8, 4) is 12.3 Å². The molecule has 1 aliphatic heterocycles. The molecule has 76 valence electrons. The first kappa shape index (κ1) is 9.58. The van der Waals surface area contributed by atoms with Crippen molar-refractivity contribution in [1.29, 1.82) is 0 Å². The second-order valence-corrected chi connectivity index (χ2v) is 4.88. The van der Waals surface area contributed by atoms with E-state index in [4.69, 9.17) is 6.42 Å². The zero-order valence-electron chi connectivity index (χ0n) is 8.86. The fourth-order valence-corrected chi connectivity index (χ4v) is 2.42. The van der Waals surface area contributed by atoms with Gasteiger partial charge in [-0.3, -0.25) is 4.79 Å². The van der Waals surface area contributed by atoms with Crippen molar-refractivity contribution in [2.24, 2.45) is 11.8 Å². The van der Waals surface area contributed by atoms with E-state index in [0.717, 1.165) is 6.42 Å². The van der Waals surface area contributed by atoms with Crippen LogP contribution in [0.5, 0.6) is 0 Å². The van der Waals surface area contributed by atoms with Crippen LogP contribution in [0.15, 0.2) is 0 Å². The molecule has 0 aromatic heterocycles. The van der Waals surface area contributed by atoms with Crippen molar-refractivity contribution in [2.75, 3.05) is 0 Å². The highest BCUT2D eigenvalue weighted by molar-refractivity contribution is 5.78. The van der Waals surface area contributed by atoms with Gasteiger partial charge >= 0.3 is 0 Å².